The molecule has 0 spiro atoms. The minimum absolute atomic E-state index is 0.107. The summed E-state index contributed by atoms with van der Waals surface area (Å²) in [6.45, 7) is 0. The third-order valence-corrected chi connectivity index (χ3v) is 8.89. The van der Waals surface area contributed by atoms with Crippen LogP contribution in [0.25, 0.3) is 0 Å². The first kappa shape index (κ1) is 28.0. The Morgan fingerprint density at radius 1 is 0.462 bits per heavy atom. The van der Waals surface area contributed by atoms with Crippen LogP contribution in [-0.2, 0) is 35.5 Å². The van der Waals surface area contributed by atoms with E-state index in [1.165, 1.54) is 24.3 Å². The van der Waals surface area contributed by atoms with E-state index in [2.05, 4.69) is 0 Å². The topological polar surface area (TPSA) is 115 Å². The molecule has 4 aromatic rings. The van der Waals surface area contributed by atoms with Gasteiger partial charge in [-0.25, -0.2) is 8.42 Å². The molecule has 204 valence electrons. The maximum absolute atomic E-state index is 13.8. The van der Waals surface area contributed by atoms with E-state index < -0.39 is 9.84 Å². The van der Waals surface area contributed by atoms with Crippen LogP contribution in [0.1, 0.15) is 47.9 Å². The van der Waals surface area contributed by atoms with Gasteiger partial charge in [-0.3, -0.25) is 0 Å². The normalized spacial score (nSPS) is 11.5. The summed E-state index contributed by atoms with van der Waals surface area (Å²) in [5, 5.41) is 39.3. The van der Waals surface area contributed by atoms with Gasteiger partial charge in [-0.1, -0.05) is 36.4 Å². The number of hydrogen-bond acceptors (Lipinski definition) is 6. The molecule has 0 heterocycles. The molecule has 6 nitrogen and oxygen atoms in total. The molecule has 4 aromatic carbocycles. The van der Waals surface area contributed by atoms with Crippen LogP contribution in [0, 0.1) is 0 Å². The van der Waals surface area contributed by atoms with Gasteiger partial charge >= 0.3 is 0 Å². The van der Waals surface area contributed by atoms with Gasteiger partial charge in [0.2, 0.25) is 9.84 Å². The van der Waals surface area contributed by atoms with Gasteiger partial charge in [0.05, 0.1) is 9.79 Å². The Hall–Kier alpha value is -3.97. The molecular formula is C32H34O6S. The predicted molar refractivity (Wildman–Crippen MR) is 151 cm³/mol. The zero-order valence-corrected chi connectivity index (χ0v) is 22.6. The molecule has 7 heteroatoms. The third kappa shape index (κ3) is 7.12. The number of benzene rings is 4. The van der Waals surface area contributed by atoms with Crippen molar-refractivity contribution in [3.8, 4) is 23.0 Å². The highest BCUT2D eigenvalue weighted by molar-refractivity contribution is 7.91. The second-order valence-corrected chi connectivity index (χ2v) is 11.6. The van der Waals surface area contributed by atoms with Crippen LogP contribution >= 0.6 is 0 Å². The van der Waals surface area contributed by atoms with Gasteiger partial charge in [-0.2, -0.15) is 0 Å². The Morgan fingerprint density at radius 2 is 0.821 bits per heavy atom. The number of rotatable bonds is 12. The van der Waals surface area contributed by atoms with Gasteiger partial charge in [0, 0.05) is 0 Å². The Morgan fingerprint density at radius 3 is 1.23 bits per heavy atom. The molecule has 0 fully saturated rings. The molecule has 0 radical (unpaired) electrons. The minimum Gasteiger partial charge on any atom is -0.508 e. The molecule has 0 unspecified atom stereocenters. The lowest BCUT2D eigenvalue weighted by molar-refractivity contribution is 0.453. The van der Waals surface area contributed by atoms with Crippen molar-refractivity contribution >= 4 is 9.84 Å². The summed E-state index contributed by atoms with van der Waals surface area (Å²) in [6, 6.07) is 23.1. The van der Waals surface area contributed by atoms with Crippen molar-refractivity contribution in [2.45, 2.75) is 61.2 Å². The van der Waals surface area contributed by atoms with Crippen LogP contribution in [0.15, 0.2) is 94.7 Å². The average molecular weight is 547 g/mol. The van der Waals surface area contributed by atoms with Gasteiger partial charge in [-0.15, -0.1) is 0 Å². The fraction of sp³-hybridized carbons (Fsp3) is 0.250. The first-order valence-electron chi connectivity index (χ1n) is 13.2. The lowest BCUT2D eigenvalue weighted by atomic mass is 10.0. The van der Waals surface area contributed by atoms with Crippen LogP contribution < -0.4 is 0 Å². The van der Waals surface area contributed by atoms with E-state index in [0.29, 0.717) is 46.6 Å². The Labute approximate surface area is 229 Å². The number of aromatic hydroxyl groups is 4. The highest BCUT2D eigenvalue weighted by Crippen LogP contribution is 2.30. The van der Waals surface area contributed by atoms with E-state index in [1.807, 2.05) is 24.3 Å². The molecule has 0 aliphatic rings. The number of aryl methyl sites for hydroxylation is 4. The zero-order chi connectivity index (χ0) is 27.8. The van der Waals surface area contributed by atoms with Crippen molar-refractivity contribution in [1.29, 1.82) is 0 Å². The van der Waals surface area contributed by atoms with Crippen molar-refractivity contribution in [1.82, 2.24) is 0 Å². The lowest BCUT2D eigenvalue weighted by Crippen LogP contribution is -2.09. The zero-order valence-electron chi connectivity index (χ0n) is 21.8. The molecule has 0 atom stereocenters. The SMILES string of the molecule is O=S(=O)(c1ccccc1CCCCc1cc(O)ccc1O)c1ccccc1CCCCc1cc(O)ccc1O. The average Bonchev–Trinajstić information content (AvgIpc) is 2.93. The number of phenols is 4. The quantitative estimate of drug-likeness (QED) is 0.120. The molecule has 0 saturated heterocycles. The fourth-order valence-corrected chi connectivity index (χ4v) is 6.65. The molecule has 0 saturated carbocycles. The van der Waals surface area contributed by atoms with Gasteiger partial charge in [0.15, 0.2) is 0 Å². The van der Waals surface area contributed by atoms with Crippen molar-refractivity contribution in [3.05, 3.63) is 107 Å². The summed E-state index contributed by atoms with van der Waals surface area (Å²) in [7, 11) is -3.75. The molecule has 0 bridgehead atoms. The van der Waals surface area contributed by atoms with Gasteiger partial charge < -0.3 is 20.4 Å². The van der Waals surface area contributed by atoms with Crippen LogP contribution in [0.2, 0.25) is 0 Å². The smallest absolute Gasteiger partial charge is 0.207 e. The minimum atomic E-state index is -3.75. The fourth-order valence-electron chi connectivity index (χ4n) is 4.87. The first-order chi connectivity index (χ1) is 18.8. The molecular weight excluding hydrogens is 512 g/mol. The van der Waals surface area contributed by atoms with Crippen molar-refractivity contribution in [2.75, 3.05) is 0 Å². The monoisotopic (exact) mass is 546 g/mol. The third-order valence-electron chi connectivity index (χ3n) is 6.93. The summed E-state index contributed by atoms with van der Waals surface area (Å²) < 4.78 is 27.7. The van der Waals surface area contributed by atoms with Crippen molar-refractivity contribution in [3.63, 3.8) is 0 Å². The maximum Gasteiger partial charge on any atom is 0.207 e. The van der Waals surface area contributed by atoms with Gasteiger partial charge in [0.25, 0.3) is 0 Å². The molecule has 0 aromatic heterocycles. The number of hydrogen-bond donors (Lipinski definition) is 4. The van der Waals surface area contributed by atoms with Gasteiger partial charge in [0.1, 0.15) is 23.0 Å². The van der Waals surface area contributed by atoms with E-state index in [-0.39, 0.29) is 23.0 Å². The van der Waals surface area contributed by atoms with Crippen LogP contribution in [-0.4, -0.2) is 28.8 Å². The Kier molecular flexibility index (Phi) is 9.15. The van der Waals surface area contributed by atoms with Crippen LogP contribution in [0.4, 0.5) is 0 Å². The molecule has 0 aliphatic heterocycles. The summed E-state index contributed by atoms with van der Waals surface area (Å²) in [4.78, 5) is 0.615. The number of phenolic OH excluding ortho intramolecular Hbond substituents is 4. The highest BCUT2D eigenvalue weighted by atomic mass is 32.2. The number of sulfone groups is 1. The Balaban J connectivity index is 1.43. The van der Waals surface area contributed by atoms with Crippen molar-refractivity contribution < 1.29 is 28.8 Å². The van der Waals surface area contributed by atoms with Gasteiger partial charge in [-0.05, 0) is 122 Å². The van der Waals surface area contributed by atoms with E-state index in [1.54, 1.807) is 36.4 Å². The van der Waals surface area contributed by atoms with Crippen molar-refractivity contribution in [2.24, 2.45) is 0 Å². The van der Waals surface area contributed by atoms with Crippen LogP contribution in [0.3, 0.4) is 0 Å². The molecule has 0 amide bonds. The summed E-state index contributed by atoms with van der Waals surface area (Å²) in [5.74, 6) is 0.503. The standard InChI is InChI=1S/C32H34O6S/c33-27-17-19-29(35)25(21-27)13-3-1-9-23-11-5-7-15-31(23)39(37,38)32-16-8-6-12-24(32)10-2-4-14-26-22-28(34)18-20-30(26)36/h5-8,11-12,15-22,33-36H,1-4,9-10,13-14H2. The molecule has 4 rings (SSSR count). The second-order valence-electron chi connectivity index (χ2n) is 9.76. The van der Waals surface area contributed by atoms with E-state index in [4.69, 9.17) is 0 Å². The first-order valence-corrected chi connectivity index (χ1v) is 14.7. The lowest BCUT2D eigenvalue weighted by Gasteiger charge is -2.14. The Bertz CT molecular complexity index is 1420. The van der Waals surface area contributed by atoms with E-state index >= 15 is 0 Å². The largest absolute Gasteiger partial charge is 0.508 e. The molecule has 0 aliphatic carbocycles. The van der Waals surface area contributed by atoms with E-state index in [0.717, 1.165) is 36.8 Å². The molecule has 39 heavy (non-hydrogen) atoms. The predicted octanol–water partition coefficient (Wildman–Crippen LogP) is 6.47. The molecule has 4 N–H and O–H groups in total. The maximum atomic E-state index is 13.8. The van der Waals surface area contributed by atoms with E-state index in [9.17, 15) is 28.8 Å². The summed E-state index contributed by atoms with van der Waals surface area (Å²) >= 11 is 0. The summed E-state index contributed by atoms with van der Waals surface area (Å²) in [5.41, 5.74) is 2.85. The highest BCUT2D eigenvalue weighted by Gasteiger charge is 2.23. The number of unbranched alkanes of at least 4 members (excludes halogenated alkanes) is 2. The second kappa shape index (κ2) is 12.7. The van der Waals surface area contributed by atoms with Crippen LogP contribution in [0.5, 0.6) is 23.0 Å². The summed E-state index contributed by atoms with van der Waals surface area (Å²) in [6.07, 6.45) is 5.23.